The summed E-state index contributed by atoms with van der Waals surface area (Å²) in [6, 6.07) is 8.81. The van der Waals surface area contributed by atoms with Gasteiger partial charge in [0.15, 0.2) is 11.6 Å². The molecule has 2 nitrogen and oxygen atoms in total. The third-order valence-electron chi connectivity index (χ3n) is 2.87. The molecule has 0 saturated carbocycles. The van der Waals surface area contributed by atoms with Gasteiger partial charge in [0, 0.05) is 16.1 Å². The first kappa shape index (κ1) is 14.9. The number of hydrogen-bond acceptors (Lipinski definition) is 2. The van der Waals surface area contributed by atoms with E-state index in [1.807, 2.05) is 0 Å². The van der Waals surface area contributed by atoms with E-state index in [2.05, 4.69) is 15.9 Å². The van der Waals surface area contributed by atoms with Crippen molar-refractivity contribution in [3.8, 4) is 5.75 Å². The molecule has 0 bridgehead atoms. The first-order valence-electron chi connectivity index (χ1n) is 6.09. The molecule has 0 aliphatic carbocycles. The van der Waals surface area contributed by atoms with Crippen molar-refractivity contribution in [1.29, 1.82) is 0 Å². The fraction of sp³-hybridized carbons (Fsp3) is 0.200. The topological polar surface area (TPSA) is 35.2 Å². The average Bonchev–Trinajstić information content (AvgIpc) is 2.40. The maximum absolute atomic E-state index is 13.8. The SMILES string of the molecule is CC(N)c1ccc(OCc2cc(Br)ccc2F)c(F)c1. The maximum Gasteiger partial charge on any atom is 0.165 e. The molecule has 1 atom stereocenters. The van der Waals surface area contributed by atoms with Gasteiger partial charge in [0.05, 0.1) is 0 Å². The molecular weight excluding hydrogens is 328 g/mol. The van der Waals surface area contributed by atoms with Gasteiger partial charge in [-0.1, -0.05) is 22.0 Å². The fourth-order valence-corrected chi connectivity index (χ4v) is 2.14. The van der Waals surface area contributed by atoms with Crippen LogP contribution in [0, 0.1) is 11.6 Å². The number of benzene rings is 2. The van der Waals surface area contributed by atoms with E-state index in [1.54, 1.807) is 25.1 Å². The van der Waals surface area contributed by atoms with Crippen molar-refractivity contribution in [3.05, 3.63) is 63.6 Å². The summed E-state index contributed by atoms with van der Waals surface area (Å²) in [5.74, 6) is -0.815. The lowest BCUT2D eigenvalue weighted by Crippen LogP contribution is -2.06. The average molecular weight is 342 g/mol. The van der Waals surface area contributed by atoms with E-state index in [9.17, 15) is 8.78 Å². The molecule has 2 rings (SSSR count). The minimum absolute atomic E-state index is 0.0419. The lowest BCUT2D eigenvalue weighted by molar-refractivity contribution is 0.284. The molecule has 106 valence electrons. The molecular formula is C15H14BrF2NO. The van der Waals surface area contributed by atoms with Crippen molar-refractivity contribution in [2.45, 2.75) is 19.6 Å². The lowest BCUT2D eigenvalue weighted by atomic mass is 10.1. The van der Waals surface area contributed by atoms with Gasteiger partial charge in [-0.25, -0.2) is 8.78 Å². The normalized spacial score (nSPS) is 12.2. The summed E-state index contributed by atoms with van der Waals surface area (Å²) in [5, 5.41) is 0. The van der Waals surface area contributed by atoms with E-state index < -0.39 is 5.82 Å². The van der Waals surface area contributed by atoms with E-state index >= 15 is 0 Å². The van der Waals surface area contributed by atoms with E-state index in [0.717, 1.165) is 4.47 Å². The van der Waals surface area contributed by atoms with Crippen LogP contribution in [0.4, 0.5) is 8.78 Å². The lowest BCUT2D eigenvalue weighted by Gasteiger charge is -2.11. The van der Waals surface area contributed by atoms with Crippen molar-refractivity contribution in [2.24, 2.45) is 5.73 Å². The molecule has 2 N–H and O–H groups in total. The van der Waals surface area contributed by atoms with E-state index in [1.165, 1.54) is 18.2 Å². The van der Waals surface area contributed by atoms with Crippen LogP contribution in [-0.2, 0) is 6.61 Å². The molecule has 0 radical (unpaired) electrons. The van der Waals surface area contributed by atoms with E-state index in [-0.39, 0.29) is 24.2 Å². The summed E-state index contributed by atoms with van der Waals surface area (Å²) < 4.78 is 33.4. The Balaban J connectivity index is 2.13. The number of rotatable bonds is 4. The Morgan fingerprint density at radius 3 is 2.55 bits per heavy atom. The highest BCUT2D eigenvalue weighted by atomic mass is 79.9. The zero-order valence-electron chi connectivity index (χ0n) is 10.9. The molecule has 0 aromatic heterocycles. The Labute approximate surface area is 124 Å². The number of ether oxygens (including phenoxy) is 1. The fourth-order valence-electron chi connectivity index (χ4n) is 1.73. The smallest absolute Gasteiger partial charge is 0.165 e. The van der Waals surface area contributed by atoms with Gasteiger partial charge in [-0.2, -0.15) is 0 Å². The minimum atomic E-state index is -0.504. The molecule has 2 aromatic carbocycles. The molecule has 1 unspecified atom stereocenters. The molecule has 0 heterocycles. The quantitative estimate of drug-likeness (QED) is 0.898. The molecule has 5 heteroatoms. The van der Waals surface area contributed by atoms with Crippen LogP contribution in [0.1, 0.15) is 24.1 Å². The zero-order chi connectivity index (χ0) is 14.7. The highest BCUT2D eigenvalue weighted by molar-refractivity contribution is 9.10. The van der Waals surface area contributed by atoms with Crippen molar-refractivity contribution < 1.29 is 13.5 Å². The summed E-state index contributed by atoms with van der Waals surface area (Å²) in [6.45, 7) is 1.73. The van der Waals surface area contributed by atoms with Gasteiger partial charge in [0.25, 0.3) is 0 Å². The van der Waals surface area contributed by atoms with Crippen LogP contribution in [0.5, 0.6) is 5.75 Å². The molecule has 2 aromatic rings. The van der Waals surface area contributed by atoms with Gasteiger partial charge in [0.2, 0.25) is 0 Å². The Hall–Kier alpha value is -1.46. The van der Waals surface area contributed by atoms with Crippen molar-refractivity contribution in [2.75, 3.05) is 0 Å². The summed E-state index contributed by atoms with van der Waals surface area (Å²) in [4.78, 5) is 0. The van der Waals surface area contributed by atoms with Gasteiger partial charge in [-0.3, -0.25) is 0 Å². The standard InChI is InChI=1S/C15H14BrF2NO/c1-9(19)10-2-5-15(14(18)7-10)20-8-11-6-12(16)3-4-13(11)17/h2-7,9H,8,19H2,1H3. The van der Waals surface area contributed by atoms with Crippen molar-refractivity contribution >= 4 is 15.9 Å². The van der Waals surface area contributed by atoms with Crippen LogP contribution < -0.4 is 10.5 Å². The summed E-state index contributed by atoms with van der Waals surface area (Å²) >= 11 is 3.25. The molecule has 0 spiro atoms. The number of halogens is 3. The summed E-state index contributed by atoms with van der Waals surface area (Å²) in [5.41, 5.74) is 6.71. The van der Waals surface area contributed by atoms with Gasteiger partial charge in [-0.05, 0) is 42.8 Å². The van der Waals surface area contributed by atoms with E-state index in [4.69, 9.17) is 10.5 Å². The Kier molecular flexibility index (Phi) is 4.73. The number of hydrogen-bond donors (Lipinski definition) is 1. The first-order chi connectivity index (χ1) is 9.47. The predicted molar refractivity (Wildman–Crippen MR) is 77.4 cm³/mol. The van der Waals surface area contributed by atoms with Crippen LogP contribution in [0.25, 0.3) is 0 Å². The molecule has 0 aliphatic heterocycles. The second-order valence-corrected chi connectivity index (χ2v) is 5.42. The third kappa shape index (κ3) is 3.55. The van der Waals surface area contributed by atoms with E-state index in [0.29, 0.717) is 11.1 Å². The second kappa shape index (κ2) is 6.33. The Bertz CT molecular complexity index is 617. The van der Waals surface area contributed by atoms with Crippen LogP contribution in [0.2, 0.25) is 0 Å². The third-order valence-corrected chi connectivity index (χ3v) is 3.37. The molecule has 20 heavy (non-hydrogen) atoms. The Morgan fingerprint density at radius 1 is 1.15 bits per heavy atom. The molecule has 0 fully saturated rings. The van der Waals surface area contributed by atoms with Crippen molar-refractivity contribution in [3.63, 3.8) is 0 Å². The summed E-state index contributed by atoms with van der Waals surface area (Å²) in [6.07, 6.45) is 0. The Morgan fingerprint density at radius 2 is 1.90 bits per heavy atom. The first-order valence-corrected chi connectivity index (χ1v) is 6.88. The second-order valence-electron chi connectivity index (χ2n) is 4.50. The van der Waals surface area contributed by atoms with Crippen molar-refractivity contribution in [1.82, 2.24) is 0 Å². The van der Waals surface area contributed by atoms with Crippen LogP contribution >= 0.6 is 15.9 Å². The van der Waals surface area contributed by atoms with Crippen LogP contribution in [0.15, 0.2) is 40.9 Å². The van der Waals surface area contributed by atoms with Crippen LogP contribution in [-0.4, -0.2) is 0 Å². The molecule has 0 amide bonds. The number of nitrogens with two attached hydrogens (primary N) is 1. The maximum atomic E-state index is 13.8. The predicted octanol–water partition coefficient (Wildman–Crippen LogP) is 4.33. The monoisotopic (exact) mass is 341 g/mol. The van der Waals surface area contributed by atoms with Crippen LogP contribution in [0.3, 0.4) is 0 Å². The minimum Gasteiger partial charge on any atom is -0.486 e. The molecule has 0 saturated heterocycles. The van der Waals surface area contributed by atoms with Gasteiger partial charge in [0.1, 0.15) is 12.4 Å². The molecule has 0 aliphatic rings. The van der Waals surface area contributed by atoms with Gasteiger partial charge >= 0.3 is 0 Å². The summed E-state index contributed by atoms with van der Waals surface area (Å²) in [7, 11) is 0. The highest BCUT2D eigenvalue weighted by Crippen LogP contribution is 2.23. The largest absolute Gasteiger partial charge is 0.486 e. The van der Waals surface area contributed by atoms with Gasteiger partial charge < -0.3 is 10.5 Å². The zero-order valence-corrected chi connectivity index (χ0v) is 12.5. The van der Waals surface area contributed by atoms with Gasteiger partial charge in [-0.15, -0.1) is 0 Å². The highest BCUT2D eigenvalue weighted by Gasteiger charge is 2.09.